The zero-order valence-electron chi connectivity index (χ0n) is 21.0. The van der Waals surface area contributed by atoms with Gasteiger partial charge in [0.2, 0.25) is 0 Å². The van der Waals surface area contributed by atoms with Gasteiger partial charge >= 0.3 is 5.69 Å². The smallest absolute Gasteiger partial charge is 0.328 e. The molecule has 1 aromatic carbocycles. The number of nitrogens with zero attached hydrogens (tertiary/aromatic N) is 3. The van der Waals surface area contributed by atoms with Crippen molar-refractivity contribution in [1.82, 2.24) is 19.5 Å². The van der Waals surface area contributed by atoms with Gasteiger partial charge in [-0.1, -0.05) is 6.07 Å². The van der Waals surface area contributed by atoms with Crippen LogP contribution in [0.5, 0.6) is 17.4 Å². The molecular weight excluding hydrogens is 503 g/mol. The van der Waals surface area contributed by atoms with Crippen LogP contribution in [0.3, 0.4) is 0 Å². The molecule has 0 bridgehead atoms. The van der Waals surface area contributed by atoms with Crippen LogP contribution in [0.2, 0.25) is 0 Å². The van der Waals surface area contributed by atoms with Crippen LogP contribution in [0.15, 0.2) is 41.3 Å². The largest absolute Gasteiger partial charge is 0.496 e. The van der Waals surface area contributed by atoms with Gasteiger partial charge in [-0.3, -0.25) is 4.57 Å². The number of pyridine rings is 2. The van der Waals surface area contributed by atoms with Gasteiger partial charge in [0.1, 0.15) is 21.4 Å². The molecule has 1 N–H and O–H groups in total. The summed E-state index contributed by atoms with van der Waals surface area (Å²) in [6.45, 7) is 3.80. The van der Waals surface area contributed by atoms with Crippen molar-refractivity contribution < 1.29 is 27.0 Å². The third-order valence-electron chi connectivity index (χ3n) is 5.92. The Balaban J connectivity index is 1.95. The molecule has 196 valence electrons. The number of aromatic amines is 1. The minimum atomic E-state index is -3.58. The summed E-state index contributed by atoms with van der Waals surface area (Å²) in [4.78, 5) is 24.9. The normalized spacial score (nSPS) is 12.5. The maximum absolute atomic E-state index is 14.8. The van der Waals surface area contributed by atoms with Crippen LogP contribution in [-0.4, -0.2) is 60.8 Å². The van der Waals surface area contributed by atoms with E-state index in [1.165, 1.54) is 37.1 Å². The van der Waals surface area contributed by atoms with E-state index in [-0.39, 0.29) is 22.8 Å². The maximum atomic E-state index is 14.8. The van der Waals surface area contributed by atoms with Gasteiger partial charge in [-0.15, -0.1) is 0 Å². The van der Waals surface area contributed by atoms with Crippen LogP contribution in [0, 0.1) is 12.7 Å². The third-order valence-corrected chi connectivity index (χ3v) is 6.84. The number of H-pyrrole nitrogens is 1. The van der Waals surface area contributed by atoms with Crippen LogP contribution in [-0.2, 0) is 9.84 Å². The van der Waals surface area contributed by atoms with Crippen molar-refractivity contribution in [2.24, 2.45) is 0 Å². The van der Waals surface area contributed by atoms with Gasteiger partial charge in [0, 0.05) is 18.0 Å². The summed E-state index contributed by atoms with van der Waals surface area (Å²) in [6.07, 6.45) is 2.51. The van der Waals surface area contributed by atoms with Crippen molar-refractivity contribution >= 4 is 21.0 Å². The van der Waals surface area contributed by atoms with Gasteiger partial charge < -0.3 is 19.2 Å². The maximum Gasteiger partial charge on any atom is 0.328 e. The van der Waals surface area contributed by atoms with E-state index in [4.69, 9.17) is 14.2 Å². The monoisotopic (exact) mass is 530 g/mol. The van der Waals surface area contributed by atoms with Crippen LogP contribution in [0.1, 0.15) is 24.2 Å². The number of aryl methyl sites for hydroxylation is 1. The molecule has 0 amide bonds. The number of sulfone groups is 1. The van der Waals surface area contributed by atoms with Crippen molar-refractivity contribution in [2.45, 2.75) is 19.9 Å². The molecule has 4 aromatic rings. The fourth-order valence-electron chi connectivity index (χ4n) is 4.26. The molecule has 3 aromatic heterocycles. The Morgan fingerprint density at radius 2 is 1.86 bits per heavy atom. The molecule has 0 spiro atoms. The van der Waals surface area contributed by atoms with Crippen molar-refractivity contribution in [3.8, 4) is 28.5 Å². The lowest BCUT2D eigenvalue weighted by molar-refractivity contribution is 0.296. The highest BCUT2D eigenvalue weighted by Crippen LogP contribution is 2.36. The highest BCUT2D eigenvalue weighted by molar-refractivity contribution is 7.90. The second kappa shape index (κ2) is 10.2. The van der Waals surface area contributed by atoms with Gasteiger partial charge in [-0.25, -0.2) is 27.6 Å². The van der Waals surface area contributed by atoms with Gasteiger partial charge in [-0.2, -0.15) is 0 Å². The fourth-order valence-corrected chi connectivity index (χ4v) is 5.16. The Bertz CT molecular complexity index is 1630. The van der Waals surface area contributed by atoms with Crippen LogP contribution >= 0.6 is 0 Å². The molecule has 0 aliphatic carbocycles. The number of imidazole rings is 1. The second-order valence-corrected chi connectivity index (χ2v) is 10.6. The van der Waals surface area contributed by atoms with Gasteiger partial charge in [0.05, 0.1) is 49.4 Å². The van der Waals surface area contributed by atoms with Crippen molar-refractivity contribution in [1.29, 1.82) is 0 Å². The van der Waals surface area contributed by atoms with E-state index >= 15 is 0 Å². The van der Waals surface area contributed by atoms with Crippen molar-refractivity contribution in [3.05, 3.63) is 64.1 Å². The first-order valence-corrected chi connectivity index (χ1v) is 13.4. The summed E-state index contributed by atoms with van der Waals surface area (Å²) < 4.78 is 57.1. The number of aromatic nitrogens is 4. The summed E-state index contributed by atoms with van der Waals surface area (Å²) in [7, 11) is -0.678. The summed E-state index contributed by atoms with van der Waals surface area (Å²) in [5.74, 6) is -0.0774. The molecule has 0 aliphatic rings. The molecule has 10 nitrogen and oxygen atoms in total. The van der Waals surface area contributed by atoms with Crippen molar-refractivity contribution in [2.75, 3.05) is 32.8 Å². The lowest BCUT2D eigenvalue weighted by Gasteiger charge is -2.19. The number of benzene rings is 1. The molecule has 1 atom stereocenters. The Kier molecular flexibility index (Phi) is 7.21. The Labute approximate surface area is 213 Å². The average Bonchev–Trinajstić information content (AvgIpc) is 3.19. The molecule has 0 radical (unpaired) electrons. The molecule has 1 unspecified atom stereocenters. The molecule has 0 saturated carbocycles. The molecule has 12 heteroatoms. The van der Waals surface area contributed by atoms with E-state index < -0.39 is 33.1 Å². The van der Waals surface area contributed by atoms with Gasteiger partial charge in [0.15, 0.2) is 11.4 Å². The highest BCUT2D eigenvalue weighted by Gasteiger charge is 2.28. The topological polar surface area (TPSA) is 125 Å². The molecule has 37 heavy (non-hydrogen) atoms. The number of hydrogen-bond donors (Lipinski definition) is 1. The van der Waals surface area contributed by atoms with Gasteiger partial charge in [-0.05, 0) is 43.7 Å². The standard InChI is InChI=1S/C25H27FN4O6S/c1-6-36-24-20(35-4)11-10-17(28-24)18(13-37(5,32)33)30-23-22(29-25(30)31)14(2)15(12-27-23)21-16(26)8-7-9-19(21)34-3/h7-12,18H,6,13H2,1-5H3,(H,29,31). The van der Waals surface area contributed by atoms with E-state index in [0.29, 0.717) is 34.7 Å². The second-order valence-electron chi connectivity index (χ2n) is 8.40. The predicted molar refractivity (Wildman–Crippen MR) is 137 cm³/mol. The van der Waals surface area contributed by atoms with Gasteiger partial charge in [0.25, 0.3) is 5.88 Å². The first-order chi connectivity index (χ1) is 17.6. The first kappa shape index (κ1) is 26.1. The first-order valence-electron chi connectivity index (χ1n) is 11.4. The number of fused-ring (bicyclic) bond motifs is 1. The number of methoxy groups -OCH3 is 2. The van der Waals surface area contributed by atoms with E-state index in [2.05, 4.69) is 15.0 Å². The Hall–Kier alpha value is -3.93. The number of ether oxygens (including phenoxy) is 3. The number of hydrogen-bond acceptors (Lipinski definition) is 8. The van der Waals surface area contributed by atoms with Crippen LogP contribution in [0.25, 0.3) is 22.3 Å². The summed E-state index contributed by atoms with van der Waals surface area (Å²) >= 11 is 0. The van der Waals surface area contributed by atoms with Crippen LogP contribution < -0.4 is 19.9 Å². The molecule has 3 heterocycles. The van der Waals surface area contributed by atoms with E-state index in [0.717, 1.165) is 6.26 Å². The summed E-state index contributed by atoms with van der Waals surface area (Å²) in [5, 5.41) is 0. The fraction of sp³-hybridized carbons (Fsp3) is 0.320. The SMILES string of the molecule is CCOc1nc(C(CS(C)(=O)=O)n2c(=O)[nH]c3c(C)c(-c4c(F)cccc4OC)cnc32)ccc1OC. The molecule has 0 saturated heterocycles. The average molecular weight is 531 g/mol. The third kappa shape index (κ3) is 5.01. The number of halogens is 1. The zero-order chi connectivity index (χ0) is 26.9. The quantitative estimate of drug-likeness (QED) is 0.350. The minimum absolute atomic E-state index is 0.173. The zero-order valence-corrected chi connectivity index (χ0v) is 21.8. The summed E-state index contributed by atoms with van der Waals surface area (Å²) in [6, 6.07) is 6.62. The predicted octanol–water partition coefficient (Wildman–Crippen LogP) is 3.28. The Morgan fingerprint density at radius 3 is 2.51 bits per heavy atom. The van der Waals surface area contributed by atoms with Crippen molar-refractivity contribution in [3.63, 3.8) is 0 Å². The number of rotatable bonds is 9. The molecular formula is C25H27FN4O6S. The highest BCUT2D eigenvalue weighted by atomic mass is 32.2. The Morgan fingerprint density at radius 1 is 1.14 bits per heavy atom. The number of nitrogens with one attached hydrogen (secondary N) is 1. The molecule has 0 aliphatic heterocycles. The lowest BCUT2D eigenvalue weighted by Crippen LogP contribution is -2.29. The van der Waals surface area contributed by atoms with E-state index in [1.54, 1.807) is 32.0 Å². The van der Waals surface area contributed by atoms with Crippen LogP contribution in [0.4, 0.5) is 4.39 Å². The molecule has 0 fully saturated rings. The van der Waals surface area contributed by atoms with E-state index in [1.807, 2.05) is 0 Å². The minimum Gasteiger partial charge on any atom is -0.496 e. The van der Waals surface area contributed by atoms with E-state index in [9.17, 15) is 17.6 Å². The summed E-state index contributed by atoms with van der Waals surface area (Å²) in [5.41, 5.74) is 1.40. The molecule has 4 rings (SSSR count). The lowest BCUT2D eigenvalue weighted by atomic mass is 10.0.